The van der Waals surface area contributed by atoms with Crippen molar-refractivity contribution >= 4 is 11.3 Å². The highest BCUT2D eigenvalue weighted by atomic mass is 32.1. The summed E-state index contributed by atoms with van der Waals surface area (Å²) in [6.07, 6.45) is 0. The molecule has 2 N–H and O–H groups in total. The van der Waals surface area contributed by atoms with Gasteiger partial charge in [-0.25, -0.2) is 0 Å². The summed E-state index contributed by atoms with van der Waals surface area (Å²) in [5.74, 6) is 1.50. The number of ether oxygens (including phenoxy) is 2. The summed E-state index contributed by atoms with van der Waals surface area (Å²) < 4.78 is 10.6. The molecule has 0 radical (unpaired) electrons. The molecule has 0 amide bonds. The molecule has 0 unspecified atom stereocenters. The van der Waals surface area contributed by atoms with Crippen molar-refractivity contribution in [3.05, 3.63) is 34.0 Å². The normalized spacial score (nSPS) is 10.4. The third-order valence-corrected chi connectivity index (χ3v) is 3.78. The molecule has 0 atom stereocenters. The number of rotatable bonds is 4. The van der Waals surface area contributed by atoms with E-state index >= 15 is 0 Å². The first-order valence-corrected chi connectivity index (χ1v) is 6.63. The summed E-state index contributed by atoms with van der Waals surface area (Å²) in [7, 11) is 3.29. The van der Waals surface area contributed by atoms with E-state index < -0.39 is 0 Å². The number of hydrogen-bond acceptors (Lipinski definition) is 4. The van der Waals surface area contributed by atoms with E-state index in [1.54, 1.807) is 25.6 Å². The second kappa shape index (κ2) is 5.42. The van der Waals surface area contributed by atoms with Crippen LogP contribution in [0.3, 0.4) is 0 Å². The van der Waals surface area contributed by atoms with Crippen molar-refractivity contribution in [2.24, 2.45) is 5.73 Å². The van der Waals surface area contributed by atoms with E-state index in [2.05, 4.69) is 17.7 Å². The highest BCUT2D eigenvalue weighted by Crippen LogP contribution is 2.37. The fraction of sp³-hybridized carbons (Fsp3) is 0.286. The first kappa shape index (κ1) is 12.9. The third-order valence-electron chi connectivity index (χ3n) is 2.98. The van der Waals surface area contributed by atoms with Crippen LogP contribution in [0.2, 0.25) is 0 Å². The summed E-state index contributed by atoms with van der Waals surface area (Å²) >= 11 is 1.67. The second-order valence-corrected chi connectivity index (χ2v) is 4.78. The molecule has 0 saturated carbocycles. The molecule has 3 nitrogen and oxygen atoms in total. The van der Waals surface area contributed by atoms with Gasteiger partial charge in [0.1, 0.15) is 0 Å². The van der Waals surface area contributed by atoms with Crippen LogP contribution in [-0.4, -0.2) is 14.2 Å². The van der Waals surface area contributed by atoms with Crippen LogP contribution in [0, 0.1) is 6.92 Å². The topological polar surface area (TPSA) is 44.5 Å². The summed E-state index contributed by atoms with van der Waals surface area (Å²) in [6, 6.07) is 4.00. The van der Waals surface area contributed by atoms with E-state index in [-0.39, 0.29) is 0 Å². The van der Waals surface area contributed by atoms with Crippen molar-refractivity contribution in [2.75, 3.05) is 14.2 Å². The molecule has 18 heavy (non-hydrogen) atoms. The van der Waals surface area contributed by atoms with Crippen molar-refractivity contribution in [3.63, 3.8) is 0 Å². The molecule has 1 aromatic carbocycles. The predicted molar refractivity (Wildman–Crippen MR) is 75.5 cm³/mol. The van der Waals surface area contributed by atoms with Crippen molar-refractivity contribution in [1.82, 2.24) is 0 Å². The maximum Gasteiger partial charge on any atom is 0.161 e. The lowest BCUT2D eigenvalue weighted by Gasteiger charge is -2.13. The average Bonchev–Trinajstić information content (AvgIpc) is 2.86. The molecule has 2 aromatic rings. The average molecular weight is 263 g/mol. The molecule has 96 valence electrons. The zero-order valence-electron chi connectivity index (χ0n) is 10.8. The number of methoxy groups -OCH3 is 2. The van der Waals surface area contributed by atoms with Crippen LogP contribution >= 0.6 is 11.3 Å². The van der Waals surface area contributed by atoms with Crippen LogP contribution in [0.1, 0.15) is 11.1 Å². The van der Waals surface area contributed by atoms with Crippen LogP contribution in [0.25, 0.3) is 11.1 Å². The molecule has 0 aliphatic carbocycles. The van der Waals surface area contributed by atoms with Gasteiger partial charge < -0.3 is 15.2 Å². The Morgan fingerprint density at radius 2 is 1.72 bits per heavy atom. The Kier molecular flexibility index (Phi) is 3.89. The largest absolute Gasteiger partial charge is 0.493 e. The van der Waals surface area contributed by atoms with Gasteiger partial charge in [-0.15, -0.1) is 0 Å². The zero-order chi connectivity index (χ0) is 13.1. The van der Waals surface area contributed by atoms with Gasteiger partial charge in [0, 0.05) is 6.54 Å². The number of benzene rings is 1. The molecule has 2 rings (SSSR count). The van der Waals surface area contributed by atoms with Gasteiger partial charge in [-0.3, -0.25) is 0 Å². The fourth-order valence-electron chi connectivity index (χ4n) is 1.99. The van der Waals surface area contributed by atoms with Crippen LogP contribution in [0.4, 0.5) is 0 Å². The first-order valence-electron chi connectivity index (χ1n) is 5.69. The molecule has 0 bridgehead atoms. The van der Waals surface area contributed by atoms with Gasteiger partial charge >= 0.3 is 0 Å². The van der Waals surface area contributed by atoms with Crippen LogP contribution in [-0.2, 0) is 6.54 Å². The lowest BCUT2D eigenvalue weighted by atomic mass is 9.99. The third kappa shape index (κ3) is 2.21. The molecular formula is C14H17NO2S. The minimum absolute atomic E-state index is 0.548. The van der Waals surface area contributed by atoms with E-state index in [1.165, 1.54) is 5.56 Å². The van der Waals surface area contributed by atoms with Crippen molar-refractivity contribution in [2.45, 2.75) is 13.5 Å². The molecule has 4 heteroatoms. The Labute approximate surface area is 111 Å². The van der Waals surface area contributed by atoms with Gasteiger partial charge in [0.25, 0.3) is 0 Å². The van der Waals surface area contributed by atoms with Crippen molar-refractivity contribution in [1.29, 1.82) is 0 Å². The minimum atomic E-state index is 0.548. The van der Waals surface area contributed by atoms with E-state index in [0.29, 0.717) is 6.54 Å². The molecule has 0 saturated heterocycles. The van der Waals surface area contributed by atoms with Gasteiger partial charge in [0.05, 0.1) is 14.2 Å². The lowest BCUT2D eigenvalue weighted by molar-refractivity contribution is 0.355. The van der Waals surface area contributed by atoms with Gasteiger partial charge in [-0.2, -0.15) is 11.3 Å². The Morgan fingerprint density at radius 1 is 1.06 bits per heavy atom. The van der Waals surface area contributed by atoms with Gasteiger partial charge in [0.15, 0.2) is 11.5 Å². The fourth-order valence-corrected chi connectivity index (χ4v) is 2.86. The van der Waals surface area contributed by atoms with Crippen LogP contribution in [0.15, 0.2) is 22.9 Å². The number of thiophene rings is 1. The smallest absolute Gasteiger partial charge is 0.161 e. The number of hydrogen-bond donors (Lipinski definition) is 1. The summed E-state index contributed by atoms with van der Waals surface area (Å²) in [6.45, 7) is 2.61. The molecular weight excluding hydrogens is 246 g/mol. The molecule has 1 heterocycles. The van der Waals surface area contributed by atoms with Gasteiger partial charge in [0.2, 0.25) is 0 Å². The zero-order valence-corrected chi connectivity index (χ0v) is 11.6. The number of aryl methyl sites for hydroxylation is 1. The highest BCUT2D eigenvalue weighted by molar-refractivity contribution is 7.08. The Hall–Kier alpha value is -1.52. The maximum atomic E-state index is 5.76. The molecule has 0 fully saturated rings. The van der Waals surface area contributed by atoms with E-state index in [0.717, 1.165) is 28.2 Å². The minimum Gasteiger partial charge on any atom is -0.493 e. The van der Waals surface area contributed by atoms with Crippen molar-refractivity contribution in [3.8, 4) is 22.6 Å². The van der Waals surface area contributed by atoms with Gasteiger partial charge in [-0.1, -0.05) is 0 Å². The first-order chi connectivity index (χ1) is 8.71. The number of nitrogens with two attached hydrogens (primary N) is 1. The quantitative estimate of drug-likeness (QED) is 0.921. The van der Waals surface area contributed by atoms with Gasteiger partial charge in [-0.05, 0) is 52.1 Å². The SMILES string of the molecule is COc1cc(C)c(-c2cscc2CN)cc1OC. The molecule has 0 spiro atoms. The summed E-state index contributed by atoms with van der Waals surface area (Å²) in [4.78, 5) is 0. The van der Waals surface area contributed by atoms with E-state index in [1.807, 2.05) is 12.1 Å². The Balaban J connectivity index is 2.58. The van der Waals surface area contributed by atoms with E-state index in [4.69, 9.17) is 15.2 Å². The van der Waals surface area contributed by atoms with Crippen molar-refractivity contribution < 1.29 is 9.47 Å². The molecule has 1 aromatic heterocycles. The van der Waals surface area contributed by atoms with Crippen LogP contribution in [0.5, 0.6) is 11.5 Å². The second-order valence-electron chi connectivity index (χ2n) is 4.04. The molecule has 0 aliphatic heterocycles. The van der Waals surface area contributed by atoms with E-state index in [9.17, 15) is 0 Å². The summed E-state index contributed by atoms with van der Waals surface area (Å²) in [5.41, 5.74) is 10.4. The maximum absolute atomic E-state index is 5.76. The Morgan fingerprint density at radius 3 is 2.33 bits per heavy atom. The Bertz CT molecular complexity index is 549. The highest BCUT2D eigenvalue weighted by Gasteiger charge is 2.13. The predicted octanol–water partition coefficient (Wildman–Crippen LogP) is 3.20. The molecule has 0 aliphatic rings. The standard InChI is InChI=1S/C14H17NO2S/c1-9-4-13(16-2)14(17-3)5-11(9)12-8-18-7-10(12)6-15/h4-5,7-8H,6,15H2,1-3H3. The monoisotopic (exact) mass is 263 g/mol. The summed E-state index contributed by atoms with van der Waals surface area (Å²) in [5, 5.41) is 4.21. The lowest BCUT2D eigenvalue weighted by Crippen LogP contribution is -1.98. The van der Waals surface area contributed by atoms with Crippen LogP contribution < -0.4 is 15.2 Å².